The van der Waals surface area contributed by atoms with Crippen LogP contribution in [-0.4, -0.2) is 27.5 Å². The van der Waals surface area contributed by atoms with Crippen LogP contribution in [0.1, 0.15) is 30.0 Å². The summed E-state index contributed by atoms with van der Waals surface area (Å²) in [6.07, 6.45) is 4.63. The summed E-state index contributed by atoms with van der Waals surface area (Å²) >= 11 is 0. The second kappa shape index (κ2) is 7.95. The van der Waals surface area contributed by atoms with E-state index >= 15 is 0 Å². The number of nitro groups is 1. The highest BCUT2D eigenvalue weighted by molar-refractivity contribution is 6.07. The summed E-state index contributed by atoms with van der Waals surface area (Å²) < 4.78 is 0. The third-order valence-electron chi connectivity index (χ3n) is 7.00. The van der Waals surface area contributed by atoms with E-state index in [0.717, 1.165) is 12.0 Å². The number of carbonyl (C=O) groups is 3. The number of amides is 3. The van der Waals surface area contributed by atoms with Crippen molar-refractivity contribution in [1.29, 1.82) is 0 Å². The molecule has 8 nitrogen and oxygen atoms in total. The first-order valence-electron chi connectivity index (χ1n) is 11.0. The van der Waals surface area contributed by atoms with Gasteiger partial charge in [0.05, 0.1) is 29.2 Å². The van der Waals surface area contributed by atoms with Crippen LogP contribution in [-0.2, 0) is 14.4 Å². The van der Waals surface area contributed by atoms with E-state index in [4.69, 9.17) is 0 Å². The van der Waals surface area contributed by atoms with E-state index in [1.807, 2.05) is 31.2 Å². The number of hydrogen-bond donors (Lipinski definition) is 1. The summed E-state index contributed by atoms with van der Waals surface area (Å²) in [6, 6.07) is 12.2. The quantitative estimate of drug-likeness (QED) is 0.315. The van der Waals surface area contributed by atoms with E-state index in [1.54, 1.807) is 18.2 Å². The standard InChI is InChI=1S/C25H23N3O5/c1-14-5-9-18(10-6-14)26-21(29)13-20(15-3-2-4-19(12-15)28(32)33)27-24(30)22-16-7-8-17(11-16)23(22)25(27)31/h2-10,12,16-17,20,22-23H,11,13H2,1H3,(H,26,29). The van der Waals surface area contributed by atoms with Crippen molar-refractivity contribution in [3.63, 3.8) is 0 Å². The number of nitrogens with zero attached hydrogens (tertiary/aromatic N) is 2. The van der Waals surface area contributed by atoms with E-state index < -0.39 is 22.8 Å². The lowest BCUT2D eigenvalue weighted by Crippen LogP contribution is -2.38. The van der Waals surface area contributed by atoms with E-state index in [-0.39, 0.29) is 41.7 Å². The highest BCUT2D eigenvalue weighted by Crippen LogP contribution is 2.54. The number of non-ortho nitro benzene ring substituents is 1. The normalized spacial score (nSPS) is 25.9. The lowest BCUT2D eigenvalue weighted by molar-refractivity contribution is -0.385. The number of aryl methyl sites for hydroxylation is 1. The molecule has 2 aliphatic carbocycles. The Morgan fingerprint density at radius 1 is 1.09 bits per heavy atom. The molecule has 1 saturated heterocycles. The Bertz CT molecular complexity index is 1160. The van der Waals surface area contributed by atoms with Crippen LogP contribution in [0.25, 0.3) is 0 Å². The molecule has 5 rings (SSSR count). The van der Waals surface area contributed by atoms with E-state index in [2.05, 4.69) is 5.32 Å². The summed E-state index contributed by atoms with van der Waals surface area (Å²) in [6.45, 7) is 1.94. The first-order chi connectivity index (χ1) is 15.8. The molecule has 5 atom stereocenters. The summed E-state index contributed by atoms with van der Waals surface area (Å²) in [5.41, 5.74) is 1.88. The molecule has 1 aliphatic heterocycles. The fourth-order valence-corrected chi connectivity index (χ4v) is 5.46. The van der Waals surface area contributed by atoms with Crippen LogP contribution >= 0.6 is 0 Å². The Kier molecular flexibility index (Phi) is 5.08. The van der Waals surface area contributed by atoms with E-state index in [1.165, 1.54) is 23.1 Å². The molecule has 2 aromatic carbocycles. The summed E-state index contributed by atoms with van der Waals surface area (Å²) in [4.78, 5) is 51.8. The molecule has 5 unspecified atom stereocenters. The molecule has 0 aromatic heterocycles. The number of fused-ring (bicyclic) bond motifs is 5. The highest BCUT2D eigenvalue weighted by atomic mass is 16.6. The lowest BCUT2D eigenvalue weighted by Gasteiger charge is -2.28. The highest BCUT2D eigenvalue weighted by Gasteiger charge is 2.60. The second-order valence-electron chi connectivity index (χ2n) is 9.03. The molecule has 33 heavy (non-hydrogen) atoms. The number of benzene rings is 2. The minimum Gasteiger partial charge on any atom is -0.326 e. The second-order valence-corrected chi connectivity index (χ2v) is 9.03. The first-order valence-corrected chi connectivity index (χ1v) is 11.0. The maximum Gasteiger partial charge on any atom is 0.269 e. The molecule has 3 amide bonds. The fraction of sp³-hybridized carbons (Fsp3) is 0.320. The van der Waals surface area contributed by atoms with Gasteiger partial charge in [0.2, 0.25) is 17.7 Å². The third kappa shape index (κ3) is 3.61. The third-order valence-corrected chi connectivity index (χ3v) is 7.00. The van der Waals surface area contributed by atoms with Gasteiger partial charge in [-0.25, -0.2) is 0 Å². The van der Waals surface area contributed by atoms with Crippen LogP contribution in [0, 0.1) is 40.7 Å². The van der Waals surface area contributed by atoms with Crippen LogP contribution in [0.5, 0.6) is 0 Å². The number of rotatable bonds is 6. The molecular formula is C25H23N3O5. The van der Waals surface area contributed by atoms with Crippen molar-refractivity contribution < 1.29 is 19.3 Å². The number of nitrogens with one attached hydrogen (secondary N) is 1. The van der Waals surface area contributed by atoms with Crippen LogP contribution in [0.4, 0.5) is 11.4 Å². The van der Waals surface area contributed by atoms with Crippen LogP contribution in [0.2, 0.25) is 0 Å². The van der Waals surface area contributed by atoms with E-state index in [9.17, 15) is 24.5 Å². The average Bonchev–Trinajstić information content (AvgIpc) is 3.48. The number of anilines is 1. The molecule has 2 bridgehead atoms. The Hall–Kier alpha value is -3.81. The van der Waals surface area contributed by atoms with Gasteiger partial charge in [-0.15, -0.1) is 0 Å². The van der Waals surface area contributed by atoms with Gasteiger partial charge in [-0.2, -0.15) is 0 Å². The zero-order chi connectivity index (χ0) is 23.3. The number of likely N-dealkylation sites (tertiary alicyclic amines) is 1. The SMILES string of the molecule is Cc1ccc(NC(=O)CC(c2cccc([N+](=O)[O-])c2)N2C(=O)C3C4C=CC(C4)C3C2=O)cc1. The Balaban J connectivity index is 1.47. The molecule has 1 saturated carbocycles. The molecule has 0 spiro atoms. The van der Waals surface area contributed by atoms with Gasteiger partial charge in [-0.3, -0.25) is 29.4 Å². The van der Waals surface area contributed by atoms with Gasteiger partial charge in [0, 0.05) is 17.8 Å². The molecule has 8 heteroatoms. The molecule has 2 aromatic rings. The maximum absolute atomic E-state index is 13.4. The minimum absolute atomic E-state index is 0.0357. The smallest absolute Gasteiger partial charge is 0.269 e. The van der Waals surface area contributed by atoms with Gasteiger partial charge in [0.1, 0.15) is 0 Å². The number of imide groups is 1. The van der Waals surface area contributed by atoms with E-state index in [0.29, 0.717) is 11.3 Å². The fourth-order valence-electron chi connectivity index (χ4n) is 5.46. The first kappa shape index (κ1) is 21.1. The van der Waals surface area contributed by atoms with Crippen molar-refractivity contribution in [2.45, 2.75) is 25.8 Å². The molecular weight excluding hydrogens is 422 g/mol. The van der Waals surface area contributed by atoms with Gasteiger partial charge >= 0.3 is 0 Å². The number of carbonyl (C=O) groups excluding carboxylic acids is 3. The Morgan fingerprint density at radius 3 is 2.33 bits per heavy atom. The minimum atomic E-state index is -0.916. The van der Waals surface area contributed by atoms with Crippen molar-refractivity contribution in [1.82, 2.24) is 4.90 Å². The summed E-state index contributed by atoms with van der Waals surface area (Å²) in [5, 5.41) is 14.1. The molecule has 168 valence electrons. The zero-order valence-corrected chi connectivity index (χ0v) is 18.0. The van der Waals surface area contributed by atoms with Crippen molar-refractivity contribution in [2.24, 2.45) is 23.7 Å². The van der Waals surface area contributed by atoms with Crippen molar-refractivity contribution >= 4 is 29.1 Å². The Labute approximate surface area is 190 Å². The van der Waals surface area contributed by atoms with Gasteiger partial charge in [0.25, 0.3) is 5.69 Å². The van der Waals surface area contributed by atoms with Gasteiger partial charge in [-0.1, -0.05) is 42.0 Å². The maximum atomic E-state index is 13.4. The molecule has 0 radical (unpaired) electrons. The number of nitro benzene ring substituents is 1. The monoisotopic (exact) mass is 445 g/mol. The van der Waals surface area contributed by atoms with Crippen LogP contribution in [0.15, 0.2) is 60.7 Å². The molecule has 1 N–H and O–H groups in total. The predicted octanol–water partition coefficient (Wildman–Crippen LogP) is 3.78. The number of hydrogen-bond acceptors (Lipinski definition) is 5. The van der Waals surface area contributed by atoms with Crippen molar-refractivity contribution in [3.05, 3.63) is 81.9 Å². The van der Waals surface area contributed by atoms with Crippen LogP contribution < -0.4 is 5.32 Å². The predicted molar refractivity (Wildman–Crippen MR) is 120 cm³/mol. The zero-order valence-electron chi connectivity index (χ0n) is 18.0. The molecule has 2 fully saturated rings. The number of allylic oxidation sites excluding steroid dienone is 2. The summed E-state index contributed by atoms with van der Waals surface area (Å²) in [7, 11) is 0. The van der Waals surface area contributed by atoms with Gasteiger partial charge in [0.15, 0.2) is 0 Å². The lowest BCUT2D eigenvalue weighted by atomic mass is 9.85. The Morgan fingerprint density at radius 2 is 1.73 bits per heavy atom. The summed E-state index contributed by atoms with van der Waals surface area (Å²) in [5.74, 6) is -1.71. The molecule has 1 heterocycles. The topological polar surface area (TPSA) is 110 Å². The van der Waals surface area contributed by atoms with Crippen LogP contribution in [0.3, 0.4) is 0 Å². The van der Waals surface area contributed by atoms with Gasteiger partial charge in [-0.05, 0) is 42.9 Å². The molecule has 3 aliphatic rings. The van der Waals surface area contributed by atoms with Gasteiger partial charge < -0.3 is 5.32 Å². The average molecular weight is 445 g/mol. The van der Waals surface area contributed by atoms with Crippen molar-refractivity contribution in [2.75, 3.05) is 5.32 Å². The largest absolute Gasteiger partial charge is 0.326 e. The van der Waals surface area contributed by atoms with Crippen molar-refractivity contribution in [3.8, 4) is 0 Å².